The van der Waals surface area contributed by atoms with Gasteiger partial charge < -0.3 is 5.73 Å². The Hall–Kier alpha value is -2.35. The van der Waals surface area contributed by atoms with Crippen LogP contribution in [0.2, 0.25) is 0 Å². The molecule has 2 N–H and O–H groups in total. The lowest BCUT2D eigenvalue weighted by atomic mass is 10.1. The Balaban J connectivity index is 2.69. The summed E-state index contributed by atoms with van der Waals surface area (Å²) >= 11 is 0. The van der Waals surface area contributed by atoms with Crippen LogP contribution in [0.25, 0.3) is 5.82 Å². The first-order chi connectivity index (χ1) is 7.61. The Morgan fingerprint density at radius 2 is 2.19 bits per heavy atom. The molecule has 0 atom stereocenters. The summed E-state index contributed by atoms with van der Waals surface area (Å²) in [6.45, 7) is 3.76. The summed E-state index contributed by atoms with van der Waals surface area (Å²) in [7, 11) is 0. The highest BCUT2D eigenvalue weighted by Gasteiger charge is 2.10. The third kappa shape index (κ3) is 1.61. The molecule has 0 saturated carbocycles. The smallest absolute Gasteiger partial charge is 0.171 e. The van der Waals surface area contributed by atoms with E-state index >= 15 is 0 Å². The summed E-state index contributed by atoms with van der Waals surface area (Å²) < 4.78 is 1.52. The van der Waals surface area contributed by atoms with E-state index in [0.717, 1.165) is 11.3 Å². The van der Waals surface area contributed by atoms with Crippen LogP contribution in [0.1, 0.15) is 16.8 Å². The van der Waals surface area contributed by atoms with Gasteiger partial charge in [0.05, 0.1) is 23.6 Å². The number of aryl methyl sites for hydroxylation is 2. The molecule has 0 aromatic carbocycles. The van der Waals surface area contributed by atoms with Gasteiger partial charge in [0.2, 0.25) is 0 Å². The fraction of sp³-hybridized carbons (Fsp3) is 0.182. The number of anilines is 1. The number of rotatable bonds is 1. The van der Waals surface area contributed by atoms with Gasteiger partial charge in [-0.2, -0.15) is 10.4 Å². The Labute approximate surface area is 93.1 Å². The second-order valence-electron chi connectivity index (χ2n) is 3.61. The minimum absolute atomic E-state index is 0.522. The molecule has 0 saturated heterocycles. The first-order valence-electron chi connectivity index (χ1n) is 4.80. The minimum atomic E-state index is 0.522. The van der Waals surface area contributed by atoms with Crippen molar-refractivity contribution >= 4 is 5.69 Å². The van der Waals surface area contributed by atoms with Crippen LogP contribution in [0.3, 0.4) is 0 Å². The maximum Gasteiger partial charge on any atom is 0.171 e. The third-order valence-electron chi connectivity index (χ3n) is 2.26. The number of nitriles is 1. The van der Waals surface area contributed by atoms with Crippen molar-refractivity contribution in [3.05, 3.63) is 35.3 Å². The molecular weight excluding hydrogens is 202 g/mol. The predicted molar refractivity (Wildman–Crippen MR) is 60.0 cm³/mol. The highest BCUT2D eigenvalue weighted by molar-refractivity contribution is 5.50. The lowest BCUT2D eigenvalue weighted by Crippen LogP contribution is -2.04. The Morgan fingerprint density at radius 1 is 1.44 bits per heavy atom. The number of hydrogen-bond donors (Lipinski definition) is 1. The average Bonchev–Trinajstić information content (AvgIpc) is 2.63. The van der Waals surface area contributed by atoms with E-state index in [-0.39, 0.29) is 0 Å². The molecule has 0 amide bonds. The Morgan fingerprint density at radius 3 is 2.75 bits per heavy atom. The van der Waals surface area contributed by atoms with Gasteiger partial charge >= 0.3 is 0 Å². The lowest BCUT2D eigenvalue weighted by Gasteiger charge is -2.06. The molecular formula is C11H11N5. The van der Waals surface area contributed by atoms with Crippen molar-refractivity contribution in [2.45, 2.75) is 13.8 Å². The van der Waals surface area contributed by atoms with Crippen molar-refractivity contribution in [2.75, 3.05) is 5.73 Å². The van der Waals surface area contributed by atoms with Gasteiger partial charge in [0.25, 0.3) is 0 Å². The van der Waals surface area contributed by atoms with Crippen molar-refractivity contribution in [3.8, 4) is 11.9 Å². The van der Waals surface area contributed by atoms with Gasteiger partial charge in [0.1, 0.15) is 6.07 Å². The van der Waals surface area contributed by atoms with Crippen LogP contribution in [-0.4, -0.2) is 14.8 Å². The van der Waals surface area contributed by atoms with Crippen molar-refractivity contribution in [3.63, 3.8) is 0 Å². The highest BCUT2D eigenvalue weighted by Crippen LogP contribution is 2.17. The molecule has 2 aromatic rings. The van der Waals surface area contributed by atoms with E-state index in [0.29, 0.717) is 17.1 Å². The van der Waals surface area contributed by atoms with E-state index in [9.17, 15) is 0 Å². The van der Waals surface area contributed by atoms with Gasteiger partial charge in [-0.25, -0.2) is 9.67 Å². The molecule has 0 aliphatic rings. The molecule has 0 spiro atoms. The topological polar surface area (TPSA) is 80.5 Å². The highest BCUT2D eigenvalue weighted by atomic mass is 15.3. The van der Waals surface area contributed by atoms with Crippen molar-refractivity contribution in [1.29, 1.82) is 5.26 Å². The molecule has 0 fully saturated rings. The first kappa shape index (κ1) is 10.2. The van der Waals surface area contributed by atoms with E-state index in [4.69, 9.17) is 11.0 Å². The molecule has 0 aliphatic heterocycles. The molecule has 0 unspecified atom stereocenters. The molecule has 2 rings (SSSR count). The summed E-state index contributed by atoms with van der Waals surface area (Å²) in [5, 5.41) is 13.2. The van der Waals surface area contributed by atoms with Crippen LogP contribution in [0.15, 0.2) is 18.5 Å². The van der Waals surface area contributed by atoms with Crippen molar-refractivity contribution in [2.24, 2.45) is 0 Å². The fourth-order valence-corrected chi connectivity index (χ4v) is 1.57. The summed E-state index contributed by atoms with van der Waals surface area (Å²) in [4.78, 5) is 4.31. The number of hydrogen-bond acceptors (Lipinski definition) is 4. The zero-order valence-electron chi connectivity index (χ0n) is 9.10. The Bertz CT molecular complexity index is 577. The van der Waals surface area contributed by atoms with Crippen LogP contribution >= 0.6 is 0 Å². The second-order valence-corrected chi connectivity index (χ2v) is 3.61. The van der Waals surface area contributed by atoms with Crippen molar-refractivity contribution < 1.29 is 0 Å². The van der Waals surface area contributed by atoms with Gasteiger partial charge in [-0.15, -0.1) is 0 Å². The summed E-state index contributed by atoms with van der Waals surface area (Å²) in [5.74, 6) is 0.525. The van der Waals surface area contributed by atoms with Crippen LogP contribution in [0.4, 0.5) is 5.69 Å². The van der Waals surface area contributed by atoms with E-state index in [1.54, 1.807) is 6.20 Å². The van der Waals surface area contributed by atoms with E-state index < -0.39 is 0 Å². The lowest BCUT2D eigenvalue weighted by molar-refractivity contribution is 0.834. The molecule has 80 valence electrons. The molecule has 0 bridgehead atoms. The van der Waals surface area contributed by atoms with E-state index in [1.165, 1.54) is 10.9 Å². The average molecular weight is 213 g/mol. The zero-order valence-corrected chi connectivity index (χ0v) is 9.10. The molecule has 16 heavy (non-hydrogen) atoms. The predicted octanol–water partition coefficient (Wildman–Crippen LogP) is 1.34. The van der Waals surface area contributed by atoms with Gasteiger partial charge in [-0.05, 0) is 25.5 Å². The van der Waals surface area contributed by atoms with Crippen LogP contribution in [-0.2, 0) is 0 Å². The number of nitrogens with zero attached hydrogens (tertiary/aromatic N) is 4. The quantitative estimate of drug-likeness (QED) is 0.775. The summed E-state index contributed by atoms with van der Waals surface area (Å²) in [5.41, 5.74) is 8.39. The number of nitrogen functional groups attached to an aromatic ring is 1. The Kier molecular flexibility index (Phi) is 2.33. The van der Waals surface area contributed by atoms with E-state index in [1.807, 2.05) is 19.9 Å². The van der Waals surface area contributed by atoms with Gasteiger partial charge in [0.15, 0.2) is 5.82 Å². The molecule has 5 heteroatoms. The third-order valence-corrected chi connectivity index (χ3v) is 2.26. The maximum absolute atomic E-state index is 9.10. The monoisotopic (exact) mass is 213 g/mol. The second kappa shape index (κ2) is 3.66. The largest absolute Gasteiger partial charge is 0.396 e. The van der Waals surface area contributed by atoms with Crippen molar-refractivity contribution in [1.82, 2.24) is 14.8 Å². The van der Waals surface area contributed by atoms with Gasteiger partial charge in [-0.1, -0.05) is 0 Å². The van der Waals surface area contributed by atoms with Crippen LogP contribution in [0, 0.1) is 25.2 Å². The SMILES string of the molecule is Cc1cc(C)c(C#N)c(-n2cc(N)cn2)n1. The maximum atomic E-state index is 9.10. The zero-order chi connectivity index (χ0) is 11.7. The molecule has 0 aliphatic carbocycles. The molecule has 0 radical (unpaired) electrons. The normalized spacial score (nSPS) is 10.1. The summed E-state index contributed by atoms with van der Waals surface area (Å²) in [6, 6.07) is 4.00. The minimum Gasteiger partial charge on any atom is -0.396 e. The van der Waals surface area contributed by atoms with Crippen LogP contribution in [0.5, 0.6) is 0 Å². The van der Waals surface area contributed by atoms with E-state index in [2.05, 4.69) is 16.2 Å². The first-order valence-corrected chi connectivity index (χ1v) is 4.80. The number of aromatic nitrogens is 3. The number of pyridine rings is 1. The van der Waals surface area contributed by atoms with Crippen LogP contribution < -0.4 is 5.73 Å². The van der Waals surface area contributed by atoms with Gasteiger partial charge in [0, 0.05) is 5.69 Å². The van der Waals surface area contributed by atoms with Gasteiger partial charge in [-0.3, -0.25) is 0 Å². The molecule has 2 aromatic heterocycles. The standard InChI is InChI=1S/C11H11N5/c1-7-3-8(2)15-11(10(7)4-12)16-6-9(13)5-14-16/h3,5-6H,13H2,1-2H3. The fourth-order valence-electron chi connectivity index (χ4n) is 1.57. The number of nitrogens with two attached hydrogens (primary N) is 1. The summed E-state index contributed by atoms with van der Waals surface area (Å²) in [6.07, 6.45) is 3.17. The molecule has 5 nitrogen and oxygen atoms in total. The molecule has 2 heterocycles.